The van der Waals surface area contributed by atoms with Crippen LogP contribution in [0.5, 0.6) is 0 Å². The normalized spacial score (nSPS) is 13.6. The van der Waals surface area contributed by atoms with Gasteiger partial charge in [0, 0.05) is 36.4 Å². The second-order valence-corrected chi connectivity index (χ2v) is 6.57. The van der Waals surface area contributed by atoms with Gasteiger partial charge in [0.15, 0.2) is 5.82 Å². The van der Waals surface area contributed by atoms with Crippen LogP contribution < -0.4 is 4.90 Å². The van der Waals surface area contributed by atoms with Crippen molar-refractivity contribution >= 4 is 16.7 Å². The van der Waals surface area contributed by atoms with E-state index in [2.05, 4.69) is 52.3 Å². The van der Waals surface area contributed by atoms with Crippen LogP contribution in [0.15, 0.2) is 73.1 Å². The van der Waals surface area contributed by atoms with Crippen LogP contribution in [0.25, 0.3) is 22.3 Å². The lowest BCUT2D eigenvalue weighted by molar-refractivity contribution is 0.723. The van der Waals surface area contributed by atoms with Crippen molar-refractivity contribution in [2.45, 2.75) is 13.0 Å². The SMILES string of the molecule is c1cncc(-c2nc(N3CCc4ccccc4C3)c3ccccc3n2)c1. The molecule has 4 aromatic rings. The Kier molecular flexibility index (Phi) is 3.60. The molecule has 1 aliphatic rings. The van der Waals surface area contributed by atoms with E-state index in [0.717, 1.165) is 47.6 Å². The van der Waals surface area contributed by atoms with E-state index in [1.807, 2.05) is 24.4 Å². The summed E-state index contributed by atoms with van der Waals surface area (Å²) >= 11 is 0. The molecular formula is C22H18N4. The number of rotatable bonds is 2. The smallest absolute Gasteiger partial charge is 0.163 e. The molecule has 26 heavy (non-hydrogen) atoms. The lowest BCUT2D eigenvalue weighted by atomic mass is 9.99. The Labute approximate surface area is 152 Å². The Hall–Kier alpha value is -3.27. The van der Waals surface area contributed by atoms with E-state index < -0.39 is 0 Å². The third-order valence-corrected chi connectivity index (χ3v) is 4.93. The molecule has 0 amide bonds. The zero-order chi connectivity index (χ0) is 17.3. The van der Waals surface area contributed by atoms with Crippen LogP contribution in [0.4, 0.5) is 5.82 Å². The summed E-state index contributed by atoms with van der Waals surface area (Å²) in [5.74, 6) is 1.73. The van der Waals surface area contributed by atoms with Gasteiger partial charge in [-0.15, -0.1) is 0 Å². The second-order valence-electron chi connectivity index (χ2n) is 6.57. The zero-order valence-electron chi connectivity index (χ0n) is 14.3. The summed E-state index contributed by atoms with van der Waals surface area (Å²) in [6, 6.07) is 20.8. The minimum absolute atomic E-state index is 0.727. The molecule has 0 saturated heterocycles. The Morgan fingerprint density at radius 1 is 0.808 bits per heavy atom. The molecule has 0 saturated carbocycles. The number of benzene rings is 2. The highest BCUT2D eigenvalue weighted by molar-refractivity contribution is 5.91. The van der Waals surface area contributed by atoms with Crippen LogP contribution in [0.1, 0.15) is 11.1 Å². The topological polar surface area (TPSA) is 41.9 Å². The van der Waals surface area contributed by atoms with E-state index >= 15 is 0 Å². The summed E-state index contributed by atoms with van der Waals surface area (Å²) in [6.45, 7) is 1.84. The first kappa shape index (κ1) is 15.0. The molecule has 0 unspecified atom stereocenters. The number of anilines is 1. The van der Waals surface area contributed by atoms with Gasteiger partial charge >= 0.3 is 0 Å². The van der Waals surface area contributed by atoms with Gasteiger partial charge in [0.25, 0.3) is 0 Å². The van der Waals surface area contributed by atoms with E-state index in [0.29, 0.717) is 0 Å². The minimum Gasteiger partial charge on any atom is -0.351 e. The fraction of sp³-hybridized carbons (Fsp3) is 0.136. The third kappa shape index (κ3) is 2.60. The number of pyridine rings is 1. The van der Waals surface area contributed by atoms with Gasteiger partial charge in [-0.3, -0.25) is 4.98 Å². The first-order chi connectivity index (χ1) is 12.9. The third-order valence-electron chi connectivity index (χ3n) is 4.93. The largest absolute Gasteiger partial charge is 0.351 e. The van der Waals surface area contributed by atoms with Gasteiger partial charge in [-0.05, 0) is 41.8 Å². The molecule has 5 rings (SSSR count). The Bertz CT molecular complexity index is 1080. The van der Waals surface area contributed by atoms with Gasteiger partial charge < -0.3 is 4.90 Å². The zero-order valence-corrected chi connectivity index (χ0v) is 14.3. The molecule has 2 aromatic carbocycles. The fourth-order valence-electron chi connectivity index (χ4n) is 3.60. The second kappa shape index (κ2) is 6.23. The molecule has 0 atom stereocenters. The molecule has 0 N–H and O–H groups in total. The minimum atomic E-state index is 0.727. The highest BCUT2D eigenvalue weighted by atomic mass is 15.2. The van der Waals surface area contributed by atoms with E-state index in [1.165, 1.54) is 11.1 Å². The van der Waals surface area contributed by atoms with Crippen molar-refractivity contribution < 1.29 is 0 Å². The van der Waals surface area contributed by atoms with E-state index in [-0.39, 0.29) is 0 Å². The molecule has 0 aliphatic carbocycles. The highest BCUT2D eigenvalue weighted by Crippen LogP contribution is 2.30. The summed E-state index contributed by atoms with van der Waals surface area (Å²) in [5, 5.41) is 1.10. The molecule has 3 heterocycles. The predicted octanol–water partition coefficient (Wildman–Crippen LogP) is 4.25. The Morgan fingerprint density at radius 3 is 2.54 bits per heavy atom. The van der Waals surface area contributed by atoms with E-state index in [9.17, 15) is 0 Å². The van der Waals surface area contributed by atoms with Gasteiger partial charge in [-0.2, -0.15) is 0 Å². The van der Waals surface area contributed by atoms with Gasteiger partial charge in [0.2, 0.25) is 0 Å². The van der Waals surface area contributed by atoms with Crippen LogP contribution in [0.3, 0.4) is 0 Å². The molecule has 0 radical (unpaired) electrons. The van der Waals surface area contributed by atoms with Crippen molar-refractivity contribution in [2.24, 2.45) is 0 Å². The lowest BCUT2D eigenvalue weighted by Crippen LogP contribution is -2.31. The first-order valence-corrected chi connectivity index (χ1v) is 8.87. The summed E-state index contributed by atoms with van der Waals surface area (Å²) in [6.07, 6.45) is 4.63. The van der Waals surface area contributed by atoms with E-state index in [1.54, 1.807) is 6.20 Å². The molecule has 0 bridgehead atoms. The maximum atomic E-state index is 4.94. The van der Waals surface area contributed by atoms with Crippen molar-refractivity contribution in [3.63, 3.8) is 0 Å². The van der Waals surface area contributed by atoms with Crippen LogP contribution in [0, 0.1) is 0 Å². The maximum absolute atomic E-state index is 4.94. The Balaban J connectivity index is 1.65. The van der Waals surface area contributed by atoms with Gasteiger partial charge in [0.1, 0.15) is 5.82 Å². The quantitative estimate of drug-likeness (QED) is 0.548. The number of nitrogens with zero attached hydrogens (tertiary/aromatic N) is 4. The average molecular weight is 338 g/mol. The monoisotopic (exact) mass is 338 g/mol. The van der Waals surface area contributed by atoms with Gasteiger partial charge in [0.05, 0.1) is 5.52 Å². The number of para-hydroxylation sites is 1. The number of hydrogen-bond donors (Lipinski definition) is 0. The molecule has 126 valence electrons. The molecule has 0 spiro atoms. The van der Waals surface area contributed by atoms with Crippen molar-refractivity contribution in [1.29, 1.82) is 0 Å². The molecular weight excluding hydrogens is 320 g/mol. The van der Waals surface area contributed by atoms with Crippen molar-refractivity contribution in [2.75, 3.05) is 11.4 Å². The number of aromatic nitrogens is 3. The standard InChI is InChI=1S/C22H18N4/c1-2-7-18-15-26(13-11-16(18)6-1)22-19-9-3-4-10-20(19)24-21(25-22)17-8-5-12-23-14-17/h1-10,12,14H,11,13,15H2. The summed E-state index contributed by atoms with van der Waals surface area (Å²) in [7, 11) is 0. The summed E-state index contributed by atoms with van der Waals surface area (Å²) in [4.78, 5) is 16.3. The van der Waals surface area contributed by atoms with Crippen molar-refractivity contribution in [3.8, 4) is 11.4 Å². The average Bonchev–Trinajstić information content (AvgIpc) is 2.73. The molecule has 4 heteroatoms. The summed E-state index contributed by atoms with van der Waals surface area (Å²) < 4.78 is 0. The highest BCUT2D eigenvalue weighted by Gasteiger charge is 2.20. The van der Waals surface area contributed by atoms with Crippen LogP contribution >= 0.6 is 0 Å². The van der Waals surface area contributed by atoms with Crippen LogP contribution in [0.2, 0.25) is 0 Å². The lowest BCUT2D eigenvalue weighted by Gasteiger charge is -2.30. The van der Waals surface area contributed by atoms with Crippen LogP contribution in [-0.2, 0) is 13.0 Å². The molecule has 0 fully saturated rings. The van der Waals surface area contributed by atoms with Gasteiger partial charge in [-0.1, -0.05) is 36.4 Å². The van der Waals surface area contributed by atoms with Crippen molar-refractivity contribution in [3.05, 3.63) is 84.2 Å². The van der Waals surface area contributed by atoms with E-state index in [4.69, 9.17) is 9.97 Å². The first-order valence-electron chi connectivity index (χ1n) is 8.87. The van der Waals surface area contributed by atoms with Crippen molar-refractivity contribution in [1.82, 2.24) is 15.0 Å². The molecule has 2 aromatic heterocycles. The summed E-state index contributed by atoms with van der Waals surface area (Å²) in [5.41, 5.74) is 4.73. The maximum Gasteiger partial charge on any atom is 0.163 e. The molecule has 4 nitrogen and oxygen atoms in total. The number of hydrogen-bond acceptors (Lipinski definition) is 4. The molecule has 1 aliphatic heterocycles. The predicted molar refractivity (Wildman–Crippen MR) is 104 cm³/mol. The van der Waals surface area contributed by atoms with Gasteiger partial charge in [-0.25, -0.2) is 9.97 Å². The Morgan fingerprint density at radius 2 is 1.65 bits per heavy atom. The number of fused-ring (bicyclic) bond motifs is 2. The fourth-order valence-corrected chi connectivity index (χ4v) is 3.60. The van der Waals surface area contributed by atoms with Crippen LogP contribution in [-0.4, -0.2) is 21.5 Å².